The van der Waals surface area contributed by atoms with E-state index in [1.165, 1.54) is 161 Å². The Kier molecular flexibility index (Phi) is 58.1. The van der Waals surface area contributed by atoms with E-state index in [4.69, 9.17) is 9.05 Å². The van der Waals surface area contributed by atoms with Crippen molar-refractivity contribution in [1.82, 2.24) is 5.32 Å². The smallest absolute Gasteiger partial charge is 0.268 e. The Morgan fingerprint density at radius 1 is 0.450 bits per heavy atom. The van der Waals surface area contributed by atoms with Gasteiger partial charge in [-0.15, -0.1) is 0 Å². The molecule has 0 rings (SSSR count). The van der Waals surface area contributed by atoms with Gasteiger partial charge in [0.1, 0.15) is 13.2 Å². The van der Waals surface area contributed by atoms with E-state index >= 15 is 0 Å². The average Bonchev–Trinajstić information content (AvgIpc) is 3.42. The Hall–Kier alpha value is -3.10. The first kappa shape index (κ1) is 76.9. The summed E-state index contributed by atoms with van der Waals surface area (Å²) in [5, 5.41) is 13.9. The van der Waals surface area contributed by atoms with Crippen LogP contribution in [-0.4, -0.2) is 68.5 Å². The number of carbonyl (C=O) groups excluding carboxylic acids is 1. The van der Waals surface area contributed by atoms with Crippen molar-refractivity contribution in [3.05, 3.63) is 122 Å². The molecule has 0 saturated heterocycles. The maximum atomic E-state index is 13.0. The van der Waals surface area contributed by atoms with Gasteiger partial charge in [-0.05, 0) is 103 Å². The highest BCUT2D eigenvalue weighted by Gasteiger charge is 2.23. The first-order chi connectivity index (χ1) is 39.0. The van der Waals surface area contributed by atoms with E-state index in [9.17, 15) is 19.4 Å². The molecule has 460 valence electrons. The summed E-state index contributed by atoms with van der Waals surface area (Å²) < 4.78 is 23.4. The van der Waals surface area contributed by atoms with Gasteiger partial charge in [0.05, 0.1) is 39.9 Å². The van der Waals surface area contributed by atoms with Crippen LogP contribution in [0.25, 0.3) is 0 Å². The normalized spacial score (nSPS) is 14.5. The standard InChI is InChI=1S/C71H125N2O6P/c1-6-8-10-12-14-16-18-20-22-24-26-28-29-30-31-32-33-34-35-36-37-38-39-40-41-42-43-45-47-49-51-53-55-57-59-61-63-65-71(75)72-69(68-79-80(76,77)78-67-66-73(3,4)5)70(74)64-62-60-58-56-54-52-50-48-46-44-27-25-23-21-19-17-15-13-11-9-7-2/h8,10,14,16,20,22,26,28,30-31,33-34,36-37,46,48,54,56,62,64,69-70,74H,6-7,9,11-13,15,17-19,21,23-25,27,29,32,35,38-45,47,49-53,55,57-61,63,65-68H2,1-5H3,(H-,72,75,76,77)/b10-8-,16-14-,22-20-,28-26-,31-30-,34-33-,37-36-,48-46+,56-54+,64-62+. The average molecular weight is 1130 g/mol. The van der Waals surface area contributed by atoms with Gasteiger partial charge in [0, 0.05) is 6.42 Å². The molecule has 0 aromatic rings. The van der Waals surface area contributed by atoms with Crippen molar-refractivity contribution in [3.8, 4) is 0 Å². The molecule has 2 N–H and O–H groups in total. The zero-order valence-corrected chi connectivity index (χ0v) is 53.4. The Morgan fingerprint density at radius 3 is 1.16 bits per heavy atom. The number of unbranched alkanes of at least 4 members (excludes halogenated alkanes) is 28. The fourth-order valence-electron chi connectivity index (χ4n) is 9.05. The lowest BCUT2D eigenvalue weighted by atomic mass is 10.0. The molecule has 0 aromatic heterocycles. The second-order valence-electron chi connectivity index (χ2n) is 23.1. The van der Waals surface area contributed by atoms with Crippen LogP contribution in [0.2, 0.25) is 0 Å². The molecule has 3 unspecified atom stereocenters. The van der Waals surface area contributed by atoms with Crippen LogP contribution in [0.1, 0.15) is 271 Å². The number of hydrogen-bond acceptors (Lipinski definition) is 6. The highest BCUT2D eigenvalue weighted by molar-refractivity contribution is 7.45. The van der Waals surface area contributed by atoms with Gasteiger partial charge in [-0.25, -0.2) is 0 Å². The maximum absolute atomic E-state index is 13.0. The summed E-state index contributed by atoms with van der Waals surface area (Å²) in [5.41, 5.74) is 0. The lowest BCUT2D eigenvalue weighted by molar-refractivity contribution is -0.870. The molecule has 0 aliphatic carbocycles. The molecule has 1 amide bonds. The highest BCUT2D eigenvalue weighted by atomic mass is 31.2. The van der Waals surface area contributed by atoms with Gasteiger partial charge < -0.3 is 28.8 Å². The number of likely N-dealkylation sites (N-methyl/N-ethyl adjacent to an activating group) is 1. The zero-order chi connectivity index (χ0) is 58.4. The van der Waals surface area contributed by atoms with Crippen LogP contribution >= 0.6 is 7.82 Å². The second kappa shape index (κ2) is 60.5. The van der Waals surface area contributed by atoms with Gasteiger partial charge in [0.2, 0.25) is 5.91 Å². The number of allylic oxidation sites excluding steroid dienone is 19. The predicted molar refractivity (Wildman–Crippen MR) is 348 cm³/mol. The Morgan fingerprint density at radius 2 is 0.775 bits per heavy atom. The third-order valence-corrected chi connectivity index (χ3v) is 15.1. The number of nitrogens with one attached hydrogen (secondary N) is 1. The number of rotatable bonds is 59. The summed E-state index contributed by atoms with van der Waals surface area (Å²) in [7, 11) is 1.23. The summed E-state index contributed by atoms with van der Waals surface area (Å²) in [6, 6.07) is -0.918. The number of aliphatic hydroxyl groups excluding tert-OH is 1. The van der Waals surface area contributed by atoms with E-state index in [0.717, 1.165) is 89.9 Å². The van der Waals surface area contributed by atoms with Gasteiger partial charge in [-0.1, -0.05) is 283 Å². The van der Waals surface area contributed by atoms with Crippen molar-refractivity contribution in [2.75, 3.05) is 40.9 Å². The minimum absolute atomic E-state index is 0.0132. The molecule has 9 heteroatoms. The third-order valence-electron chi connectivity index (χ3n) is 14.1. The van der Waals surface area contributed by atoms with Gasteiger partial charge >= 0.3 is 0 Å². The molecule has 0 heterocycles. The molecule has 0 spiro atoms. The molecule has 3 atom stereocenters. The van der Waals surface area contributed by atoms with E-state index in [1.54, 1.807) is 6.08 Å². The molecule has 0 radical (unpaired) electrons. The van der Waals surface area contributed by atoms with Gasteiger partial charge in [-0.3, -0.25) is 9.36 Å². The molecule has 0 aliphatic rings. The summed E-state index contributed by atoms with van der Waals surface area (Å²) >= 11 is 0. The molecular formula is C71H125N2O6P. The summed E-state index contributed by atoms with van der Waals surface area (Å²) in [5.74, 6) is -0.214. The monoisotopic (exact) mass is 1130 g/mol. The van der Waals surface area contributed by atoms with Crippen molar-refractivity contribution in [2.24, 2.45) is 0 Å². The van der Waals surface area contributed by atoms with Crippen molar-refractivity contribution >= 4 is 13.7 Å². The van der Waals surface area contributed by atoms with Crippen LogP contribution in [0.4, 0.5) is 0 Å². The molecular weight excluding hydrogens is 1010 g/mol. The highest BCUT2D eigenvalue weighted by Crippen LogP contribution is 2.38. The van der Waals surface area contributed by atoms with Gasteiger partial charge in [0.15, 0.2) is 0 Å². The lowest BCUT2D eigenvalue weighted by Crippen LogP contribution is -2.45. The van der Waals surface area contributed by atoms with E-state index in [1.807, 2.05) is 27.2 Å². The van der Waals surface area contributed by atoms with Crippen molar-refractivity contribution < 1.29 is 32.9 Å². The van der Waals surface area contributed by atoms with Crippen LogP contribution in [0.15, 0.2) is 122 Å². The second-order valence-corrected chi connectivity index (χ2v) is 24.5. The van der Waals surface area contributed by atoms with Crippen LogP contribution < -0.4 is 10.2 Å². The molecule has 0 bridgehead atoms. The Balaban J connectivity index is 4.13. The largest absolute Gasteiger partial charge is 0.756 e. The number of hydrogen-bond donors (Lipinski definition) is 2. The minimum Gasteiger partial charge on any atom is -0.756 e. The quantitative estimate of drug-likeness (QED) is 0.0272. The molecule has 80 heavy (non-hydrogen) atoms. The molecule has 0 aromatic carbocycles. The Bertz CT molecular complexity index is 1720. The van der Waals surface area contributed by atoms with Gasteiger partial charge in [0.25, 0.3) is 7.82 Å². The van der Waals surface area contributed by atoms with E-state index < -0.39 is 26.6 Å². The number of carbonyl (C=O) groups is 1. The Labute approximate surface area is 494 Å². The molecule has 8 nitrogen and oxygen atoms in total. The minimum atomic E-state index is -4.62. The lowest BCUT2D eigenvalue weighted by Gasteiger charge is -2.29. The molecule has 0 aliphatic heterocycles. The number of quaternary nitrogens is 1. The third kappa shape index (κ3) is 62.5. The van der Waals surface area contributed by atoms with Crippen molar-refractivity contribution in [3.63, 3.8) is 0 Å². The summed E-state index contributed by atoms with van der Waals surface area (Å²) in [6.45, 7) is 4.51. The number of nitrogens with zero attached hydrogens (tertiary/aromatic N) is 1. The van der Waals surface area contributed by atoms with Gasteiger partial charge in [-0.2, -0.15) is 0 Å². The van der Waals surface area contributed by atoms with E-state index in [-0.39, 0.29) is 12.5 Å². The van der Waals surface area contributed by atoms with Crippen LogP contribution in [0.3, 0.4) is 0 Å². The first-order valence-electron chi connectivity index (χ1n) is 32.9. The number of aliphatic hydroxyl groups is 1. The number of phosphoric acid groups is 1. The van der Waals surface area contributed by atoms with Crippen LogP contribution in [0, 0.1) is 0 Å². The van der Waals surface area contributed by atoms with Crippen LogP contribution in [-0.2, 0) is 18.4 Å². The fourth-order valence-corrected chi connectivity index (χ4v) is 9.77. The molecule has 0 saturated carbocycles. The summed E-state index contributed by atoms with van der Waals surface area (Å²) in [6.07, 6.45) is 90.2. The predicted octanol–water partition coefficient (Wildman–Crippen LogP) is 20.2. The maximum Gasteiger partial charge on any atom is 0.268 e. The van der Waals surface area contributed by atoms with Crippen molar-refractivity contribution in [2.45, 2.75) is 283 Å². The van der Waals surface area contributed by atoms with E-state index in [2.05, 4.69) is 129 Å². The van der Waals surface area contributed by atoms with Crippen molar-refractivity contribution in [1.29, 1.82) is 0 Å². The molecule has 0 fully saturated rings. The summed E-state index contributed by atoms with van der Waals surface area (Å²) in [4.78, 5) is 25.6. The number of phosphoric ester groups is 1. The number of amides is 1. The SMILES string of the molecule is CC/C=C\C/C=C\C/C=C\C/C=C\C/C=C\C/C=C\C/C=C\CCCCCCCCCCCCCCCCCC(=O)NC(COP(=O)([O-])OCC[N+](C)(C)C)C(O)/C=C/CC/C=C/CC/C=C/CCCCCCCCCCCCC. The van der Waals surface area contributed by atoms with E-state index in [0.29, 0.717) is 17.4 Å². The fraction of sp³-hybridized carbons (Fsp3) is 0.704. The topological polar surface area (TPSA) is 108 Å². The first-order valence-corrected chi connectivity index (χ1v) is 34.4. The van der Waals surface area contributed by atoms with Crippen LogP contribution in [0.5, 0.6) is 0 Å². The zero-order valence-electron chi connectivity index (χ0n) is 52.5.